The number of fused-ring (bicyclic) bond motifs is 1. The van der Waals surface area contributed by atoms with Gasteiger partial charge in [0.2, 0.25) is 0 Å². The zero-order valence-electron chi connectivity index (χ0n) is 9.38. The third kappa shape index (κ3) is 1.45. The minimum absolute atomic E-state index is 0.0139. The number of carbonyl (C=O) groups excluding carboxylic acids is 1. The van der Waals surface area contributed by atoms with Crippen molar-refractivity contribution in [3.05, 3.63) is 0 Å². The fourth-order valence-electron chi connectivity index (χ4n) is 3.07. The minimum Gasteiger partial charge on any atom is -0.461 e. The molecule has 14 heavy (non-hydrogen) atoms. The summed E-state index contributed by atoms with van der Waals surface area (Å²) in [5, 5.41) is 0. The van der Waals surface area contributed by atoms with E-state index in [1.165, 1.54) is 12.8 Å². The predicted octanol–water partition coefficient (Wildman–Crippen LogP) is 2.76. The molecule has 0 N–H and O–H groups in total. The first kappa shape index (κ1) is 10.0. The van der Waals surface area contributed by atoms with Gasteiger partial charge in [-0.15, -0.1) is 0 Å². The van der Waals surface area contributed by atoms with Gasteiger partial charge in [0.1, 0.15) is 6.10 Å². The highest BCUT2D eigenvalue weighted by atomic mass is 16.5. The molecule has 0 aromatic rings. The SMILES string of the molecule is CC(C)C1CCC2(C)CCC(=O)OC12. The summed E-state index contributed by atoms with van der Waals surface area (Å²) in [6.07, 6.45) is 4.31. The lowest BCUT2D eigenvalue weighted by atomic mass is 9.77. The van der Waals surface area contributed by atoms with Gasteiger partial charge < -0.3 is 4.74 Å². The highest BCUT2D eigenvalue weighted by Gasteiger charge is 2.50. The van der Waals surface area contributed by atoms with Gasteiger partial charge in [-0.05, 0) is 31.1 Å². The smallest absolute Gasteiger partial charge is 0.306 e. The molecule has 2 fully saturated rings. The topological polar surface area (TPSA) is 26.3 Å². The Morgan fingerprint density at radius 2 is 2.14 bits per heavy atom. The first-order valence-electron chi connectivity index (χ1n) is 5.72. The van der Waals surface area contributed by atoms with Gasteiger partial charge >= 0.3 is 5.97 Å². The van der Waals surface area contributed by atoms with Crippen molar-refractivity contribution >= 4 is 5.97 Å². The lowest BCUT2D eigenvalue weighted by Gasteiger charge is -2.38. The van der Waals surface area contributed by atoms with Crippen LogP contribution in [-0.4, -0.2) is 12.1 Å². The molecule has 1 aliphatic carbocycles. The van der Waals surface area contributed by atoms with E-state index in [0.717, 1.165) is 6.42 Å². The van der Waals surface area contributed by atoms with Crippen molar-refractivity contribution in [2.24, 2.45) is 17.3 Å². The van der Waals surface area contributed by atoms with Gasteiger partial charge in [0.05, 0.1) is 0 Å². The van der Waals surface area contributed by atoms with E-state index in [9.17, 15) is 4.79 Å². The molecule has 0 aromatic heterocycles. The molecule has 1 saturated heterocycles. The van der Waals surface area contributed by atoms with Crippen molar-refractivity contribution in [3.8, 4) is 0 Å². The van der Waals surface area contributed by atoms with Crippen molar-refractivity contribution in [1.82, 2.24) is 0 Å². The second-order valence-corrected chi connectivity index (χ2v) is 5.51. The Bertz CT molecular complexity index is 247. The van der Waals surface area contributed by atoms with Gasteiger partial charge in [-0.3, -0.25) is 4.79 Å². The van der Waals surface area contributed by atoms with Crippen LogP contribution < -0.4 is 0 Å². The molecule has 0 radical (unpaired) electrons. The van der Waals surface area contributed by atoms with Crippen LogP contribution in [0.1, 0.15) is 46.5 Å². The Kier molecular flexibility index (Phi) is 2.32. The third-order valence-electron chi connectivity index (χ3n) is 4.14. The molecule has 1 heterocycles. The largest absolute Gasteiger partial charge is 0.461 e. The average molecular weight is 196 g/mol. The maximum atomic E-state index is 11.3. The second-order valence-electron chi connectivity index (χ2n) is 5.51. The molecule has 3 atom stereocenters. The van der Waals surface area contributed by atoms with E-state index < -0.39 is 0 Å². The van der Waals surface area contributed by atoms with Crippen LogP contribution in [0, 0.1) is 17.3 Å². The summed E-state index contributed by atoms with van der Waals surface area (Å²) in [5.74, 6) is 1.23. The van der Waals surface area contributed by atoms with E-state index in [2.05, 4.69) is 20.8 Å². The molecule has 3 unspecified atom stereocenters. The zero-order valence-corrected chi connectivity index (χ0v) is 9.38. The van der Waals surface area contributed by atoms with Crippen molar-refractivity contribution in [2.45, 2.75) is 52.6 Å². The number of ether oxygens (including phenoxy) is 1. The lowest BCUT2D eigenvalue weighted by Crippen LogP contribution is -2.41. The molecule has 2 heteroatoms. The Balaban J connectivity index is 2.18. The van der Waals surface area contributed by atoms with Crippen molar-refractivity contribution in [2.75, 3.05) is 0 Å². The fourth-order valence-corrected chi connectivity index (χ4v) is 3.07. The monoisotopic (exact) mass is 196 g/mol. The molecule has 1 saturated carbocycles. The van der Waals surface area contributed by atoms with Crippen LogP contribution in [-0.2, 0) is 9.53 Å². The molecule has 2 rings (SSSR count). The van der Waals surface area contributed by atoms with Crippen molar-refractivity contribution < 1.29 is 9.53 Å². The lowest BCUT2D eigenvalue weighted by molar-refractivity contribution is -0.167. The van der Waals surface area contributed by atoms with Crippen LogP contribution in [0.2, 0.25) is 0 Å². The van der Waals surface area contributed by atoms with E-state index in [4.69, 9.17) is 4.74 Å². The van der Waals surface area contributed by atoms with Crippen LogP contribution >= 0.6 is 0 Å². The summed E-state index contributed by atoms with van der Waals surface area (Å²) in [6.45, 7) is 6.75. The number of hydrogen-bond acceptors (Lipinski definition) is 2. The van der Waals surface area contributed by atoms with Crippen LogP contribution in [0.25, 0.3) is 0 Å². The van der Waals surface area contributed by atoms with Crippen molar-refractivity contribution in [3.63, 3.8) is 0 Å². The fraction of sp³-hybridized carbons (Fsp3) is 0.917. The second kappa shape index (κ2) is 3.25. The maximum absolute atomic E-state index is 11.3. The van der Waals surface area contributed by atoms with Crippen molar-refractivity contribution in [1.29, 1.82) is 0 Å². The summed E-state index contributed by atoms with van der Waals surface area (Å²) < 4.78 is 5.55. The van der Waals surface area contributed by atoms with Gasteiger partial charge in [0, 0.05) is 11.8 Å². The molecule has 0 spiro atoms. The van der Waals surface area contributed by atoms with Gasteiger partial charge in [0.25, 0.3) is 0 Å². The molecule has 0 amide bonds. The standard InChI is InChI=1S/C12H20O2/c1-8(2)9-4-6-12(3)7-5-10(13)14-11(9)12/h8-9,11H,4-7H2,1-3H3. The summed E-state index contributed by atoms with van der Waals surface area (Å²) in [4.78, 5) is 11.3. The summed E-state index contributed by atoms with van der Waals surface area (Å²) >= 11 is 0. The zero-order chi connectivity index (χ0) is 10.3. The number of esters is 1. The molecule has 1 aliphatic heterocycles. The highest BCUT2D eigenvalue weighted by molar-refractivity contribution is 5.70. The number of hydrogen-bond donors (Lipinski definition) is 0. The molecule has 80 valence electrons. The molecule has 2 nitrogen and oxygen atoms in total. The van der Waals surface area contributed by atoms with Crippen LogP contribution in [0.5, 0.6) is 0 Å². The molecular weight excluding hydrogens is 176 g/mol. The Morgan fingerprint density at radius 3 is 2.79 bits per heavy atom. The molecular formula is C12H20O2. The average Bonchev–Trinajstić information content (AvgIpc) is 2.43. The first-order chi connectivity index (χ1) is 6.53. The number of rotatable bonds is 1. The minimum atomic E-state index is 0.0139. The summed E-state index contributed by atoms with van der Waals surface area (Å²) in [7, 11) is 0. The van der Waals surface area contributed by atoms with E-state index >= 15 is 0 Å². The van der Waals surface area contributed by atoms with Crippen LogP contribution in [0.3, 0.4) is 0 Å². The number of carbonyl (C=O) groups is 1. The van der Waals surface area contributed by atoms with Crippen LogP contribution in [0.4, 0.5) is 0 Å². The predicted molar refractivity (Wildman–Crippen MR) is 54.8 cm³/mol. The molecule has 0 aromatic carbocycles. The Hall–Kier alpha value is -0.530. The van der Waals surface area contributed by atoms with Crippen LogP contribution in [0.15, 0.2) is 0 Å². The quantitative estimate of drug-likeness (QED) is 0.603. The van der Waals surface area contributed by atoms with E-state index in [1.807, 2.05) is 0 Å². The summed E-state index contributed by atoms with van der Waals surface area (Å²) in [5.41, 5.74) is 0.281. The Labute approximate surface area is 86.0 Å². The Morgan fingerprint density at radius 1 is 1.43 bits per heavy atom. The summed E-state index contributed by atoms with van der Waals surface area (Å²) in [6, 6.07) is 0. The van der Waals surface area contributed by atoms with E-state index in [0.29, 0.717) is 18.3 Å². The van der Waals surface area contributed by atoms with Gasteiger partial charge in [-0.2, -0.15) is 0 Å². The normalized spacial score (nSPS) is 42.4. The van der Waals surface area contributed by atoms with Gasteiger partial charge in [0.15, 0.2) is 0 Å². The third-order valence-corrected chi connectivity index (χ3v) is 4.14. The highest BCUT2D eigenvalue weighted by Crippen LogP contribution is 2.51. The van der Waals surface area contributed by atoms with Gasteiger partial charge in [-0.1, -0.05) is 20.8 Å². The maximum Gasteiger partial charge on any atom is 0.306 e. The molecule has 0 bridgehead atoms. The van der Waals surface area contributed by atoms with Gasteiger partial charge in [-0.25, -0.2) is 0 Å². The van der Waals surface area contributed by atoms with E-state index in [1.54, 1.807) is 0 Å². The first-order valence-corrected chi connectivity index (χ1v) is 5.72. The molecule has 2 aliphatic rings. The van der Waals surface area contributed by atoms with E-state index in [-0.39, 0.29) is 17.5 Å².